The molecule has 0 saturated carbocycles. The van der Waals surface area contributed by atoms with Crippen molar-refractivity contribution in [1.82, 2.24) is 4.90 Å². The van der Waals surface area contributed by atoms with E-state index >= 15 is 0 Å². The summed E-state index contributed by atoms with van der Waals surface area (Å²) < 4.78 is 5.85. The highest BCUT2D eigenvalue weighted by atomic mass is 16.5. The fourth-order valence-electron chi connectivity index (χ4n) is 3.17. The van der Waals surface area contributed by atoms with Crippen molar-refractivity contribution >= 4 is 11.6 Å². The summed E-state index contributed by atoms with van der Waals surface area (Å²) in [5, 5.41) is 3.15. The SMILES string of the molecule is CN1CCC(CCN=C(N)Nc2cccc(Oc3ccccc3)c2)CC1. The van der Waals surface area contributed by atoms with E-state index in [2.05, 4.69) is 22.3 Å². The number of hydrogen-bond donors (Lipinski definition) is 2. The molecule has 5 heteroatoms. The Morgan fingerprint density at radius 1 is 1.12 bits per heavy atom. The molecule has 1 fully saturated rings. The van der Waals surface area contributed by atoms with Crippen LogP contribution in [0.25, 0.3) is 0 Å². The minimum atomic E-state index is 0.454. The standard InChI is InChI=1S/C21H28N4O/c1-25-14-11-17(12-15-25)10-13-23-21(22)24-18-6-5-9-20(16-18)26-19-7-3-2-4-8-19/h2-9,16-17H,10-15H2,1H3,(H3,22,23,24). The fraction of sp³-hybridized carbons (Fsp3) is 0.381. The van der Waals surface area contributed by atoms with Crippen molar-refractivity contribution in [3.8, 4) is 11.5 Å². The normalized spacial score (nSPS) is 16.4. The average Bonchev–Trinajstić information content (AvgIpc) is 2.64. The van der Waals surface area contributed by atoms with Crippen molar-refractivity contribution in [3.05, 3.63) is 54.6 Å². The molecule has 1 aliphatic rings. The third kappa shape index (κ3) is 5.77. The minimum Gasteiger partial charge on any atom is -0.457 e. The van der Waals surface area contributed by atoms with Gasteiger partial charge in [0.1, 0.15) is 11.5 Å². The molecule has 2 aromatic rings. The van der Waals surface area contributed by atoms with Gasteiger partial charge in [0.2, 0.25) is 0 Å². The van der Waals surface area contributed by atoms with Gasteiger partial charge in [0.05, 0.1) is 0 Å². The summed E-state index contributed by atoms with van der Waals surface area (Å²) in [6.45, 7) is 3.15. The lowest BCUT2D eigenvalue weighted by Crippen LogP contribution is -2.30. The molecule has 3 rings (SSSR count). The monoisotopic (exact) mass is 352 g/mol. The van der Waals surface area contributed by atoms with E-state index < -0.39 is 0 Å². The molecule has 0 aliphatic carbocycles. The van der Waals surface area contributed by atoms with Crippen LogP contribution in [0.15, 0.2) is 59.6 Å². The Bertz CT molecular complexity index is 709. The number of nitrogens with two attached hydrogens (primary N) is 1. The number of rotatable bonds is 6. The van der Waals surface area contributed by atoms with Crippen LogP contribution >= 0.6 is 0 Å². The molecule has 0 atom stereocenters. The van der Waals surface area contributed by atoms with Gasteiger partial charge >= 0.3 is 0 Å². The van der Waals surface area contributed by atoms with E-state index in [0.717, 1.165) is 36.1 Å². The van der Waals surface area contributed by atoms with Crippen molar-refractivity contribution in [2.24, 2.45) is 16.6 Å². The van der Waals surface area contributed by atoms with E-state index in [4.69, 9.17) is 10.5 Å². The first-order valence-corrected chi connectivity index (χ1v) is 9.27. The smallest absolute Gasteiger partial charge is 0.193 e. The van der Waals surface area contributed by atoms with Crippen molar-refractivity contribution in [1.29, 1.82) is 0 Å². The molecule has 1 aliphatic heterocycles. The number of nitrogens with zero attached hydrogens (tertiary/aromatic N) is 2. The van der Waals surface area contributed by atoms with E-state index in [0.29, 0.717) is 5.96 Å². The average molecular weight is 352 g/mol. The van der Waals surface area contributed by atoms with E-state index in [9.17, 15) is 0 Å². The zero-order valence-electron chi connectivity index (χ0n) is 15.4. The second-order valence-electron chi connectivity index (χ2n) is 6.87. The topological polar surface area (TPSA) is 62.9 Å². The Morgan fingerprint density at radius 2 is 1.85 bits per heavy atom. The van der Waals surface area contributed by atoms with Gasteiger partial charge in [-0.05, 0) is 69.6 Å². The molecule has 0 spiro atoms. The van der Waals surface area contributed by atoms with Crippen LogP contribution in [0.2, 0.25) is 0 Å². The van der Waals surface area contributed by atoms with Gasteiger partial charge in [-0.3, -0.25) is 4.99 Å². The van der Waals surface area contributed by atoms with Crippen molar-refractivity contribution in [2.45, 2.75) is 19.3 Å². The Kier molecular flexibility index (Phi) is 6.50. The van der Waals surface area contributed by atoms with E-state index in [1.165, 1.54) is 25.9 Å². The molecular weight excluding hydrogens is 324 g/mol. The third-order valence-corrected chi connectivity index (χ3v) is 4.74. The lowest BCUT2D eigenvalue weighted by molar-refractivity contribution is 0.214. The van der Waals surface area contributed by atoms with Gasteiger partial charge in [0.15, 0.2) is 5.96 Å². The highest BCUT2D eigenvalue weighted by molar-refractivity contribution is 5.92. The third-order valence-electron chi connectivity index (χ3n) is 4.74. The molecule has 0 bridgehead atoms. The molecule has 138 valence electrons. The predicted molar refractivity (Wildman–Crippen MR) is 108 cm³/mol. The first kappa shape index (κ1) is 18.3. The van der Waals surface area contributed by atoms with Crippen molar-refractivity contribution in [3.63, 3.8) is 0 Å². The first-order chi connectivity index (χ1) is 12.7. The van der Waals surface area contributed by atoms with Crippen LogP contribution in [0, 0.1) is 5.92 Å². The van der Waals surface area contributed by atoms with Crippen LogP contribution in [0.4, 0.5) is 5.69 Å². The Morgan fingerprint density at radius 3 is 2.62 bits per heavy atom. The number of anilines is 1. The van der Waals surface area contributed by atoms with Gasteiger partial charge in [-0.1, -0.05) is 24.3 Å². The summed E-state index contributed by atoms with van der Waals surface area (Å²) in [6.07, 6.45) is 3.63. The Hall–Kier alpha value is -2.53. The summed E-state index contributed by atoms with van der Waals surface area (Å²) in [4.78, 5) is 6.86. The lowest BCUT2D eigenvalue weighted by atomic mass is 9.94. The minimum absolute atomic E-state index is 0.454. The van der Waals surface area contributed by atoms with Gasteiger partial charge < -0.3 is 20.7 Å². The zero-order valence-corrected chi connectivity index (χ0v) is 15.4. The molecule has 0 radical (unpaired) electrons. The Balaban J connectivity index is 1.49. The summed E-state index contributed by atoms with van der Waals surface area (Å²) in [7, 11) is 2.19. The second-order valence-corrected chi connectivity index (χ2v) is 6.87. The number of ether oxygens (including phenoxy) is 1. The van der Waals surface area contributed by atoms with Gasteiger partial charge in [-0.15, -0.1) is 0 Å². The van der Waals surface area contributed by atoms with Crippen LogP contribution < -0.4 is 15.8 Å². The summed E-state index contributed by atoms with van der Waals surface area (Å²) in [6, 6.07) is 17.5. The fourth-order valence-corrected chi connectivity index (χ4v) is 3.17. The summed E-state index contributed by atoms with van der Waals surface area (Å²) in [5.41, 5.74) is 6.91. The summed E-state index contributed by atoms with van der Waals surface area (Å²) >= 11 is 0. The van der Waals surface area contributed by atoms with Gasteiger partial charge in [-0.25, -0.2) is 0 Å². The van der Waals surface area contributed by atoms with E-state index in [1.807, 2.05) is 54.6 Å². The first-order valence-electron chi connectivity index (χ1n) is 9.27. The molecule has 0 aromatic heterocycles. The quantitative estimate of drug-likeness (QED) is 0.611. The van der Waals surface area contributed by atoms with Crippen LogP contribution in [0.1, 0.15) is 19.3 Å². The number of hydrogen-bond acceptors (Lipinski definition) is 3. The molecule has 1 saturated heterocycles. The maximum absolute atomic E-state index is 6.04. The molecule has 5 nitrogen and oxygen atoms in total. The highest BCUT2D eigenvalue weighted by Crippen LogP contribution is 2.24. The molecule has 1 heterocycles. The molecule has 0 unspecified atom stereocenters. The zero-order chi connectivity index (χ0) is 18.2. The highest BCUT2D eigenvalue weighted by Gasteiger charge is 2.15. The van der Waals surface area contributed by atoms with Gasteiger partial charge in [0.25, 0.3) is 0 Å². The number of piperidine rings is 1. The number of likely N-dealkylation sites (tertiary alicyclic amines) is 1. The molecule has 3 N–H and O–H groups in total. The predicted octanol–water partition coefficient (Wildman–Crippen LogP) is 3.94. The van der Waals surface area contributed by atoms with Crippen LogP contribution in [-0.2, 0) is 0 Å². The van der Waals surface area contributed by atoms with Crippen LogP contribution in [0.5, 0.6) is 11.5 Å². The van der Waals surface area contributed by atoms with E-state index in [-0.39, 0.29) is 0 Å². The van der Waals surface area contributed by atoms with Gasteiger partial charge in [-0.2, -0.15) is 0 Å². The lowest BCUT2D eigenvalue weighted by Gasteiger charge is -2.28. The maximum atomic E-state index is 6.04. The van der Waals surface area contributed by atoms with Gasteiger partial charge in [0, 0.05) is 18.3 Å². The number of guanidine groups is 1. The molecule has 0 amide bonds. The summed E-state index contributed by atoms with van der Waals surface area (Å²) in [5.74, 6) is 2.80. The number of aliphatic imine (C=N–C) groups is 1. The van der Waals surface area contributed by atoms with E-state index in [1.54, 1.807) is 0 Å². The second kappa shape index (κ2) is 9.25. The van der Waals surface area contributed by atoms with Crippen molar-refractivity contribution in [2.75, 3.05) is 32.0 Å². The number of nitrogens with one attached hydrogen (secondary N) is 1. The van der Waals surface area contributed by atoms with Crippen LogP contribution in [-0.4, -0.2) is 37.5 Å². The Labute approximate surface area is 155 Å². The molecular formula is C21H28N4O. The maximum Gasteiger partial charge on any atom is 0.193 e. The molecule has 26 heavy (non-hydrogen) atoms. The number of benzene rings is 2. The molecule has 2 aromatic carbocycles. The largest absolute Gasteiger partial charge is 0.457 e. The van der Waals surface area contributed by atoms with Crippen LogP contribution in [0.3, 0.4) is 0 Å². The van der Waals surface area contributed by atoms with Crippen molar-refractivity contribution < 1.29 is 4.74 Å². The number of para-hydroxylation sites is 1.